The summed E-state index contributed by atoms with van der Waals surface area (Å²) in [4.78, 5) is 23.9. The van der Waals surface area contributed by atoms with Gasteiger partial charge in [0.2, 0.25) is 11.8 Å². The predicted molar refractivity (Wildman–Crippen MR) is 87.3 cm³/mol. The average Bonchev–Trinajstić information content (AvgIpc) is 2.59. The van der Waals surface area contributed by atoms with Crippen molar-refractivity contribution >= 4 is 11.8 Å². The molecule has 0 aliphatic heterocycles. The molecule has 1 fully saturated rings. The molecule has 0 aromatic heterocycles. The molecular formula is C18H20F4N2O2. The van der Waals surface area contributed by atoms with E-state index in [9.17, 15) is 27.2 Å². The van der Waals surface area contributed by atoms with E-state index in [0.717, 1.165) is 37.1 Å². The number of amides is 2. The summed E-state index contributed by atoms with van der Waals surface area (Å²) in [5.74, 6) is -2.52. The van der Waals surface area contributed by atoms with Crippen molar-refractivity contribution in [3.05, 3.63) is 47.8 Å². The Labute approximate surface area is 148 Å². The number of nitrogens with one attached hydrogen (secondary N) is 2. The van der Waals surface area contributed by atoms with Gasteiger partial charge in [-0.1, -0.05) is 25.5 Å². The van der Waals surface area contributed by atoms with Crippen molar-refractivity contribution in [3.63, 3.8) is 0 Å². The summed E-state index contributed by atoms with van der Waals surface area (Å²) in [6, 6.07) is 2.26. The molecule has 4 nitrogen and oxygen atoms in total. The molecule has 1 saturated carbocycles. The lowest BCUT2D eigenvalue weighted by Crippen LogP contribution is -2.48. The predicted octanol–water partition coefficient (Wildman–Crippen LogP) is 3.32. The molecule has 0 bridgehead atoms. The van der Waals surface area contributed by atoms with Gasteiger partial charge in [-0.15, -0.1) is 0 Å². The zero-order chi connectivity index (χ0) is 19.3. The first-order valence-electron chi connectivity index (χ1n) is 8.29. The van der Waals surface area contributed by atoms with Crippen molar-refractivity contribution in [1.82, 2.24) is 10.6 Å². The monoisotopic (exact) mass is 372 g/mol. The van der Waals surface area contributed by atoms with Gasteiger partial charge in [0.05, 0.1) is 11.5 Å². The van der Waals surface area contributed by atoms with Crippen LogP contribution in [0, 0.1) is 11.7 Å². The number of alkyl halides is 3. The highest BCUT2D eigenvalue weighted by atomic mass is 19.4. The fraction of sp³-hybridized carbons (Fsp3) is 0.444. The molecule has 2 rings (SSSR count). The molecule has 0 spiro atoms. The molecule has 0 saturated heterocycles. The SMILES string of the molecule is C=CC(=O)N[C@@H]1CCCC[C@@H]1C(=O)NCc1c(F)cccc1C(F)(F)F. The number of hydrogen-bond acceptors (Lipinski definition) is 2. The third kappa shape index (κ3) is 4.83. The first-order chi connectivity index (χ1) is 12.2. The summed E-state index contributed by atoms with van der Waals surface area (Å²) in [7, 11) is 0. The van der Waals surface area contributed by atoms with Gasteiger partial charge in [-0.05, 0) is 31.1 Å². The maximum atomic E-state index is 13.8. The molecule has 0 heterocycles. The molecular weight excluding hydrogens is 352 g/mol. The summed E-state index contributed by atoms with van der Waals surface area (Å²) in [5, 5.41) is 5.06. The number of hydrogen-bond donors (Lipinski definition) is 2. The molecule has 0 unspecified atom stereocenters. The van der Waals surface area contributed by atoms with Gasteiger partial charge < -0.3 is 10.6 Å². The Hall–Kier alpha value is -2.38. The highest BCUT2D eigenvalue weighted by molar-refractivity contribution is 5.88. The minimum atomic E-state index is -4.71. The first-order valence-corrected chi connectivity index (χ1v) is 8.29. The Morgan fingerprint density at radius 3 is 2.58 bits per heavy atom. The second-order valence-electron chi connectivity index (χ2n) is 6.19. The number of rotatable bonds is 5. The van der Waals surface area contributed by atoms with Crippen LogP contribution >= 0.6 is 0 Å². The number of halogens is 4. The van der Waals surface area contributed by atoms with E-state index in [4.69, 9.17) is 0 Å². The fourth-order valence-corrected chi connectivity index (χ4v) is 3.17. The zero-order valence-electron chi connectivity index (χ0n) is 14.0. The van der Waals surface area contributed by atoms with Crippen LogP contribution in [0.4, 0.5) is 17.6 Å². The summed E-state index contributed by atoms with van der Waals surface area (Å²) >= 11 is 0. The van der Waals surface area contributed by atoms with Crippen LogP contribution in [0.1, 0.15) is 36.8 Å². The molecule has 0 radical (unpaired) electrons. The van der Waals surface area contributed by atoms with Crippen LogP contribution in [0.15, 0.2) is 30.9 Å². The Morgan fingerprint density at radius 1 is 1.23 bits per heavy atom. The minimum Gasteiger partial charge on any atom is -0.352 e. The van der Waals surface area contributed by atoms with Crippen LogP contribution in [-0.2, 0) is 22.3 Å². The quantitative estimate of drug-likeness (QED) is 0.615. The second-order valence-corrected chi connectivity index (χ2v) is 6.19. The minimum absolute atomic E-state index is 0.414. The van der Waals surface area contributed by atoms with Crippen LogP contribution in [0.3, 0.4) is 0 Å². The van der Waals surface area contributed by atoms with Crippen LogP contribution in [0.25, 0.3) is 0 Å². The van der Waals surface area contributed by atoms with Gasteiger partial charge in [0.1, 0.15) is 5.82 Å². The molecule has 1 aliphatic rings. The van der Waals surface area contributed by atoms with E-state index < -0.39 is 53.4 Å². The summed E-state index contributed by atoms with van der Waals surface area (Å²) in [6.45, 7) is 2.78. The van der Waals surface area contributed by atoms with Gasteiger partial charge in [0.15, 0.2) is 0 Å². The maximum Gasteiger partial charge on any atom is 0.416 e. The van der Waals surface area contributed by atoms with Crippen molar-refractivity contribution in [1.29, 1.82) is 0 Å². The Bertz CT molecular complexity index is 688. The molecule has 2 N–H and O–H groups in total. The average molecular weight is 372 g/mol. The van der Waals surface area contributed by atoms with E-state index in [1.54, 1.807) is 0 Å². The molecule has 1 aliphatic carbocycles. The third-order valence-electron chi connectivity index (χ3n) is 4.48. The lowest BCUT2D eigenvalue weighted by atomic mass is 9.83. The normalized spacial score (nSPS) is 20.3. The van der Waals surface area contributed by atoms with Crippen LogP contribution < -0.4 is 10.6 Å². The highest BCUT2D eigenvalue weighted by Crippen LogP contribution is 2.33. The van der Waals surface area contributed by atoms with Crippen molar-refractivity contribution in [2.45, 2.75) is 44.4 Å². The van der Waals surface area contributed by atoms with E-state index in [1.807, 2.05) is 0 Å². The lowest BCUT2D eigenvalue weighted by molar-refractivity contribution is -0.139. The van der Waals surface area contributed by atoms with Gasteiger partial charge in [-0.25, -0.2) is 4.39 Å². The van der Waals surface area contributed by atoms with Gasteiger partial charge >= 0.3 is 6.18 Å². The highest BCUT2D eigenvalue weighted by Gasteiger charge is 2.35. The van der Waals surface area contributed by atoms with E-state index in [2.05, 4.69) is 17.2 Å². The topological polar surface area (TPSA) is 58.2 Å². The Kier molecular flexibility index (Phi) is 6.39. The molecule has 8 heteroatoms. The van der Waals surface area contributed by atoms with Crippen LogP contribution in [-0.4, -0.2) is 17.9 Å². The van der Waals surface area contributed by atoms with Gasteiger partial charge in [-0.2, -0.15) is 13.2 Å². The molecule has 2 atom stereocenters. The molecule has 1 aromatic carbocycles. The number of benzene rings is 1. The van der Waals surface area contributed by atoms with E-state index in [-0.39, 0.29) is 0 Å². The van der Waals surface area contributed by atoms with E-state index in [1.165, 1.54) is 0 Å². The van der Waals surface area contributed by atoms with Gasteiger partial charge in [0.25, 0.3) is 0 Å². The van der Waals surface area contributed by atoms with Crippen molar-refractivity contribution < 1.29 is 27.2 Å². The van der Waals surface area contributed by atoms with E-state index >= 15 is 0 Å². The Morgan fingerprint density at radius 2 is 1.92 bits per heavy atom. The number of carbonyl (C=O) groups is 2. The van der Waals surface area contributed by atoms with Crippen LogP contribution in [0.5, 0.6) is 0 Å². The second kappa shape index (κ2) is 8.33. The lowest BCUT2D eigenvalue weighted by Gasteiger charge is -2.31. The van der Waals surface area contributed by atoms with Crippen molar-refractivity contribution in [3.8, 4) is 0 Å². The summed E-state index contributed by atoms with van der Waals surface area (Å²) < 4.78 is 52.9. The molecule has 142 valence electrons. The first kappa shape index (κ1) is 19.9. The molecule has 26 heavy (non-hydrogen) atoms. The van der Waals surface area contributed by atoms with E-state index in [0.29, 0.717) is 12.8 Å². The molecule has 2 amide bonds. The Balaban J connectivity index is 2.10. The fourth-order valence-electron chi connectivity index (χ4n) is 3.17. The molecule has 1 aromatic rings. The standard InChI is InChI=1S/C18H20F4N2O2/c1-2-16(25)24-15-9-4-3-6-11(15)17(26)23-10-12-13(18(20,21)22)7-5-8-14(12)19/h2,5,7-8,11,15H,1,3-4,6,9-10H2,(H,23,26)(H,24,25)/t11-,15+/m0/s1. The van der Waals surface area contributed by atoms with Crippen molar-refractivity contribution in [2.75, 3.05) is 0 Å². The summed E-state index contributed by atoms with van der Waals surface area (Å²) in [6.07, 6.45) is -0.933. The van der Waals surface area contributed by atoms with Gasteiger partial charge in [0, 0.05) is 18.2 Å². The van der Waals surface area contributed by atoms with Gasteiger partial charge in [-0.3, -0.25) is 9.59 Å². The summed E-state index contributed by atoms with van der Waals surface area (Å²) in [5.41, 5.74) is -1.71. The van der Waals surface area contributed by atoms with Crippen LogP contribution in [0.2, 0.25) is 0 Å². The van der Waals surface area contributed by atoms with Crippen molar-refractivity contribution in [2.24, 2.45) is 5.92 Å². The zero-order valence-corrected chi connectivity index (χ0v) is 14.0. The number of carbonyl (C=O) groups excluding carboxylic acids is 2. The third-order valence-corrected chi connectivity index (χ3v) is 4.48. The smallest absolute Gasteiger partial charge is 0.352 e. The maximum absolute atomic E-state index is 13.8. The largest absolute Gasteiger partial charge is 0.416 e.